The van der Waals surface area contributed by atoms with E-state index >= 15 is 0 Å². The van der Waals surface area contributed by atoms with E-state index in [-0.39, 0.29) is 17.5 Å². The molecule has 2 amide bonds. The Morgan fingerprint density at radius 1 is 1.50 bits per heavy atom. The highest BCUT2D eigenvalue weighted by Gasteiger charge is 2.32. The van der Waals surface area contributed by atoms with E-state index in [2.05, 4.69) is 15.3 Å². The molecule has 1 unspecified atom stereocenters. The molecule has 0 aromatic carbocycles. The van der Waals surface area contributed by atoms with Gasteiger partial charge in [0.1, 0.15) is 11.7 Å². The van der Waals surface area contributed by atoms with Gasteiger partial charge in [0.25, 0.3) is 5.91 Å². The summed E-state index contributed by atoms with van der Waals surface area (Å²) >= 11 is 0. The second kappa shape index (κ2) is 5.12. The Bertz CT molecular complexity index is 458. The van der Waals surface area contributed by atoms with Gasteiger partial charge in [-0.3, -0.25) is 14.6 Å². The van der Waals surface area contributed by atoms with Crippen LogP contribution < -0.4 is 5.32 Å². The molecule has 0 spiro atoms. The molecule has 1 atom stereocenters. The highest BCUT2D eigenvalue weighted by molar-refractivity contribution is 5.96. The monoisotopic (exact) mass is 248 g/mol. The maximum atomic E-state index is 12.3. The molecule has 1 saturated heterocycles. The summed E-state index contributed by atoms with van der Waals surface area (Å²) in [5.74, 6) is -0.332. The largest absolute Gasteiger partial charge is 0.353 e. The van der Waals surface area contributed by atoms with Crippen LogP contribution in [-0.2, 0) is 4.79 Å². The van der Waals surface area contributed by atoms with Crippen molar-refractivity contribution in [2.24, 2.45) is 0 Å². The smallest absolute Gasteiger partial charge is 0.274 e. The minimum absolute atomic E-state index is 0.0998. The number of nitrogens with zero attached hydrogens (tertiary/aromatic N) is 3. The number of aryl methyl sites for hydroxylation is 1. The predicted octanol–water partition coefficient (Wildman–Crippen LogP) is 0.136. The van der Waals surface area contributed by atoms with Crippen LogP contribution in [0.5, 0.6) is 0 Å². The number of aromatic nitrogens is 2. The number of nitrogens with one attached hydrogen (secondary N) is 1. The number of rotatable bonds is 2. The highest BCUT2D eigenvalue weighted by atomic mass is 16.2. The molecule has 1 N–H and O–H groups in total. The standard InChI is InChI=1S/C12H16N4O2/c1-3-10-11(17)13-4-5-16(10)12(18)9-7-14-8(2)6-15-9/h6-7,10H,3-5H2,1-2H3,(H,13,17). The number of carbonyl (C=O) groups excluding carboxylic acids is 2. The van der Waals surface area contributed by atoms with Crippen molar-refractivity contribution >= 4 is 11.8 Å². The number of carbonyl (C=O) groups is 2. The van der Waals surface area contributed by atoms with Gasteiger partial charge in [-0.25, -0.2) is 4.98 Å². The molecule has 0 aliphatic carbocycles. The van der Waals surface area contributed by atoms with E-state index in [0.717, 1.165) is 5.69 Å². The number of amides is 2. The topological polar surface area (TPSA) is 75.2 Å². The van der Waals surface area contributed by atoms with Crippen LogP contribution in [0.25, 0.3) is 0 Å². The molecule has 2 heterocycles. The summed E-state index contributed by atoms with van der Waals surface area (Å²) in [6, 6.07) is -0.408. The van der Waals surface area contributed by atoms with E-state index in [4.69, 9.17) is 0 Å². The minimum Gasteiger partial charge on any atom is -0.353 e. The maximum absolute atomic E-state index is 12.3. The summed E-state index contributed by atoms with van der Waals surface area (Å²) in [5.41, 5.74) is 1.05. The quantitative estimate of drug-likeness (QED) is 0.807. The van der Waals surface area contributed by atoms with Crippen LogP contribution in [0.1, 0.15) is 29.5 Å². The van der Waals surface area contributed by atoms with Crippen LogP contribution in [0.2, 0.25) is 0 Å². The molecule has 96 valence electrons. The zero-order valence-corrected chi connectivity index (χ0v) is 10.5. The Hall–Kier alpha value is -1.98. The van der Waals surface area contributed by atoms with Gasteiger partial charge in [-0.05, 0) is 13.3 Å². The SMILES string of the molecule is CCC1C(=O)NCCN1C(=O)c1cnc(C)cn1. The lowest BCUT2D eigenvalue weighted by Gasteiger charge is -2.34. The third-order valence-electron chi connectivity index (χ3n) is 2.98. The average Bonchev–Trinajstić information content (AvgIpc) is 2.38. The molecule has 1 aromatic heterocycles. The summed E-state index contributed by atoms with van der Waals surface area (Å²) in [6.45, 7) is 4.69. The molecular formula is C12H16N4O2. The van der Waals surface area contributed by atoms with Crippen LogP contribution >= 0.6 is 0 Å². The third kappa shape index (κ3) is 2.32. The number of piperazine rings is 1. The molecular weight excluding hydrogens is 232 g/mol. The van der Waals surface area contributed by atoms with Gasteiger partial charge < -0.3 is 10.2 Å². The Morgan fingerprint density at radius 2 is 2.28 bits per heavy atom. The average molecular weight is 248 g/mol. The second-order valence-electron chi connectivity index (χ2n) is 4.26. The normalized spacial score (nSPS) is 19.6. The van der Waals surface area contributed by atoms with Crippen LogP contribution in [-0.4, -0.2) is 45.8 Å². The lowest BCUT2D eigenvalue weighted by molar-refractivity contribution is -0.127. The van der Waals surface area contributed by atoms with Crippen molar-refractivity contribution in [3.05, 3.63) is 23.8 Å². The first-order chi connectivity index (χ1) is 8.63. The van der Waals surface area contributed by atoms with Gasteiger partial charge >= 0.3 is 0 Å². The second-order valence-corrected chi connectivity index (χ2v) is 4.26. The van der Waals surface area contributed by atoms with E-state index in [9.17, 15) is 9.59 Å². The number of hydrogen-bond acceptors (Lipinski definition) is 4. The third-order valence-corrected chi connectivity index (χ3v) is 2.98. The van der Waals surface area contributed by atoms with Crippen molar-refractivity contribution in [3.63, 3.8) is 0 Å². The molecule has 1 aliphatic rings. The first-order valence-electron chi connectivity index (χ1n) is 6.00. The van der Waals surface area contributed by atoms with Gasteiger partial charge in [0.15, 0.2) is 0 Å². The molecule has 1 aliphatic heterocycles. The molecule has 6 heteroatoms. The van der Waals surface area contributed by atoms with E-state index in [1.54, 1.807) is 11.1 Å². The van der Waals surface area contributed by atoms with Gasteiger partial charge in [-0.15, -0.1) is 0 Å². The van der Waals surface area contributed by atoms with E-state index in [1.807, 2.05) is 13.8 Å². The summed E-state index contributed by atoms with van der Waals surface area (Å²) in [7, 11) is 0. The summed E-state index contributed by atoms with van der Waals surface area (Å²) in [4.78, 5) is 33.6. The van der Waals surface area contributed by atoms with Crippen molar-refractivity contribution in [3.8, 4) is 0 Å². The lowest BCUT2D eigenvalue weighted by Crippen LogP contribution is -2.57. The summed E-state index contributed by atoms with van der Waals surface area (Å²) < 4.78 is 0. The molecule has 0 saturated carbocycles. The van der Waals surface area contributed by atoms with E-state index < -0.39 is 6.04 Å². The fourth-order valence-corrected chi connectivity index (χ4v) is 2.01. The molecule has 6 nitrogen and oxygen atoms in total. The van der Waals surface area contributed by atoms with Gasteiger partial charge in [-0.2, -0.15) is 0 Å². The summed E-state index contributed by atoms with van der Waals surface area (Å²) in [6.07, 6.45) is 3.60. The Balaban J connectivity index is 2.21. The van der Waals surface area contributed by atoms with Gasteiger partial charge in [0.05, 0.1) is 11.9 Å². The first kappa shape index (κ1) is 12.5. The van der Waals surface area contributed by atoms with Crippen LogP contribution in [0, 0.1) is 6.92 Å². The van der Waals surface area contributed by atoms with Crippen molar-refractivity contribution in [2.45, 2.75) is 26.3 Å². The van der Waals surface area contributed by atoms with Crippen LogP contribution in [0.4, 0.5) is 0 Å². The first-order valence-corrected chi connectivity index (χ1v) is 6.00. The zero-order valence-electron chi connectivity index (χ0n) is 10.5. The Kier molecular flexibility index (Phi) is 3.55. The maximum Gasteiger partial charge on any atom is 0.274 e. The fourth-order valence-electron chi connectivity index (χ4n) is 2.01. The lowest BCUT2D eigenvalue weighted by atomic mass is 10.1. The molecule has 18 heavy (non-hydrogen) atoms. The Morgan fingerprint density at radius 3 is 2.89 bits per heavy atom. The molecule has 0 bridgehead atoms. The van der Waals surface area contributed by atoms with Crippen LogP contribution in [0.15, 0.2) is 12.4 Å². The van der Waals surface area contributed by atoms with Crippen molar-refractivity contribution in [2.75, 3.05) is 13.1 Å². The van der Waals surface area contributed by atoms with E-state index in [1.165, 1.54) is 6.20 Å². The van der Waals surface area contributed by atoms with Gasteiger partial charge in [0, 0.05) is 19.3 Å². The molecule has 0 radical (unpaired) electrons. The fraction of sp³-hybridized carbons (Fsp3) is 0.500. The van der Waals surface area contributed by atoms with Crippen molar-refractivity contribution in [1.29, 1.82) is 0 Å². The highest BCUT2D eigenvalue weighted by Crippen LogP contribution is 2.12. The molecule has 1 fully saturated rings. The minimum atomic E-state index is -0.408. The predicted molar refractivity (Wildman–Crippen MR) is 64.9 cm³/mol. The van der Waals surface area contributed by atoms with E-state index in [0.29, 0.717) is 19.5 Å². The molecule has 2 rings (SSSR count). The zero-order chi connectivity index (χ0) is 13.1. The number of hydrogen-bond donors (Lipinski definition) is 1. The summed E-state index contributed by atoms with van der Waals surface area (Å²) in [5, 5.41) is 2.76. The van der Waals surface area contributed by atoms with Crippen LogP contribution in [0.3, 0.4) is 0 Å². The van der Waals surface area contributed by atoms with Crippen molar-refractivity contribution in [1.82, 2.24) is 20.2 Å². The Labute approximate surface area is 105 Å². The van der Waals surface area contributed by atoms with Crippen molar-refractivity contribution < 1.29 is 9.59 Å². The van der Waals surface area contributed by atoms with Gasteiger partial charge in [0.2, 0.25) is 5.91 Å². The van der Waals surface area contributed by atoms with Gasteiger partial charge in [-0.1, -0.05) is 6.92 Å². The molecule has 1 aromatic rings.